The highest BCUT2D eigenvalue weighted by Gasteiger charge is 2.33. The molecule has 0 saturated carbocycles. The van der Waals surface area contributed by atoms with Crippen LogP contribution in [0.3, 0.4) is 0 Å². The highest BCUT2D eigenvalue weighted by atomic mass is 32.2. The number of ether oxygens (including phenoxy) is 2. The fraction of sp³-hybridized carbons (Fsp3) is 0.560. The van der Waals surface area contributed by atoms with Gasteiger partial charge in [0.25, 0.3) is 0 Å². The third-order valence-corrected chi connectivity index (χ3v) is 8.84. The summed E-state index contributed by atoms with van der Waals surface area (Å²) in [7, 11) is -0.175. The number of esters is 1. The largest absolute Gasteiger partial charge is 0.491 e. The maximum Gasteiger partial charge on any atom is 0.320 e. The molecule has 0 bridgehead atoms. The molecule has 1 aromatic heterocycles. The van der Waals surface area contributed by atoms with Gasteiger partial charge in [0.1, 0.15) is 34.1 Å². The number of aliphatic hydroxyl groups is 1. The number of aliphatic hydroxyl groups excluding tert-OH is 1. The lowest BCUT2D eigenvalue weighted by Gasteiger charge is -2.32. The molecular weight excluding hydrogens is 458 g/mol. The lowest BCUT2D eigenvalue weighted by molar-refractivity contribution is -0.139. The molecular formula is C25H37NO5S2. The number of thiophene rings is 1. The van der Waals surface area contributed by atoms with E-state index < -0.39 is 23.1 Å². The van der Waals surface area contributed by atoms with Crippen molar-refractivity contribution in [2.75, 3.05) is 20.3 Å². The van der Waals surface area contributed by atoms with Crippen LogP contribution in [0, 0.1) is 12.3 Å². The summed E-state index contributed by atoms with van der Waals surface area (Å²) in [6, 6.07) is 10.1. The van der Waals surface area contributed by atoms with Gasteiger partial charge in [-0.15, -0.1) is 11.3 Å². The monoisotopic (exact) mass is 495 g/mol. The zero-order chi connectivity index (χ0) is 24.8. The smallest absolute Gasteiger partial charge is 0.320 e. The molecule has 1 heterocycles. The van der Waals surface area contributed by atoms with E-state index in [-0.39, 0.29) is 24.0 Å². The van der Waals surface area contributed by atoms with Crippen LogP contribution >= 0.6 is 11.3 Å². The highest BCUT2D eigenvalue weighted by molar-refractivity contribution is 7.85. The minimum Gasteiger partial charge on any atom is -0.491 e. The van der Waals surface area contributed by atoms with Crippen LogP contribution in [0.1, 0.15) is 63.5 Å². The van der Waals surface area contributed by atoms with E-state index in [4.69, 9.17) is 4.74 Å². The number of rotatable bonds is 11. The summed E-state index contributed by atoms with van der Waals surface area (Å²) >= 11 is 1.50. The van der Waals surface area contributed by atoms with Gasteiger partial charge in [-0.2, -0.15) is 0 Å². The van der Waals surface area contributed by atoms with Gasteiger partial charge in [0.05, 0.1) is 13.2 Å². The molecule has 33 heavy (non-hydrogen) atoms. The van der Waals surface area contributed by atoms with Crippen molar-refractivity contribution in [3.05, 3.63) is 46.3 Å². The van der Waals surface area contributed by atoms with Gasteiger partial charge in [-0.05, 0) is 54.5 Å². The zero-order valence-electron chi connectivity index (χ0n) is 20.7. The Balaban J connectivity index is 2.27. The van der Waals surface area contributed by atoms with Crippen molar-refractivity contribution >= 4 is 28.3 Å². The molecule has 1 aromatic carbocycles. The first-order valence-corrected chi connectivity index (χ1v) is 13.2. The number of hydrogen-bond donors (Lipinski definition) is 2. The van der Waals surface area contributed by atoms with Crippen molar-refractivity contribution in [3.63, 3.8) is 0 Å². The van der Waals surface area contributed by atoms with Crippen molar-refractivity contribution in [2.45, 2.75) is 70.1 Å². The lowest BCUT2D eigenvalue weighted by Crippen LogP contribution is -2.32. The van der Waals surface area contributed by atoms with Crippen molar-refractivity contribution in [3.8, 4) is 5.75 Å². The van der Waals surface area contributed by atoms with Gasteiger partial charge >= 0.3 is 5.97 Å². The third kappa shape index (κ3) is 6.66. The van der Waals surface area contributed by atoms with Crippen LogP contribution < -0.4 is 9.46 Å². The molecule has 0 radical (unpaired) electrons. The maximum absolute atomic E-state index is 12.6. The first-order valence-electron chi connectivity index (χ1n) is 11.2. The van der Waals surface area contributed by atoms with E-state index in [0.29, 0.717) is 4.21 Å². The third-order valence-electron chi connectivity index (χ3n) is 6.14. The summed E-state index contributed by atoms with van der Waals surface area (Å²) in [5.41, 5.74) is 1.73. The van der Waals surface area contributed by atoms with Crippen LogP contribution in [0.25, 0.3) is 0 Å². The SMILES string of the molecule is CCC(CC)(c1ccc(OCC(O)C(C)(C)C)c(C)c1)c1ccc(S(=O)NCC(=O)OC)s1. The Labute approximate surface area is 204 Å². The van der Waals surface area contributed by atoms with E-state index in [1.807, 2.05) is 45.9 Å². The fourth-order valence-corrected chi connectivity index (χ4v) is 6.04. The topological polar surface area (TPSA) is 84.9 Å². The number of aryl methyl sites for hydroxylation is 1. The molecule has 0 aliphatic rings. The number of carbonyl (C=O) groups excluding carboxylic acids is 1. The van der Waals surface area contributed by atoms with E-state index >= 15 is 0 Å². The molecule has 0 aliphatic carbocycles. The Morgan fingerprint density at radius 1 is 1.18 bits per heavy atom. The molecule has 0 amide bonds. The maximum atomic E-state index is 12.6. The van der Waals surface area contributed by atoms with Crippen molar-refractivity contribution in [2.24, 2.45) is 5.41 Å². The van der Waals surface area contributed by atoms with Crippen LogP contribution in [-0.2, 0) is 25.9 Å². The Morgan fingerprint density at radius 2 is 1.85 bits per heavy atom. The summed E-state index contributed by atoms with van der Waals surface area (Å²) in [5.74, 6) is 0.313. The molecule has 6 nitrogen and oxygen atoms in total. The van der Waals surface area contributed by atoms with Gasteiger partial charge in [0.2, 0.25) is 0 Å². The Hall–Kier alpha value is -1.74. The number of methoxy groups -OCH3 is 1. The van der Waals surface area contributed by atoms with E-state index in [2.05, 4.69) is 35.4 Å². The molecule has 2 aromatic rings. The summed E-state index contributed by atoms with van der Waals surface area (Å²) in [5, 5.41) is 10.3. The first kappa shape index (κ1) is 27.5. The lowest BCUT2D eigenvalue weighted by atomic mass is 9.74. The molecule has 0 spiro atoms. The van der Waals surface area contributed by atoms with E-state index in [0.717, 1.165) is 29.0 Å². The second kappa shape index (κ2) is 11.6. The van der Waals surface area contributed by atoms with Crippen LogP contribution in [-0.4, -0.2) is 41.7 Å². The van der Waals surface area contributed by atoms with Gasteiger partial charge < -0.3 is 14.6 Å². The second-order valence-electron chi connectivity index (χ2n) is 9.25. The van der Waals surface area contributed by atoms with Crippen molar-refractivity contribution < 1.29 is 23.6 Å². The predicted molar refractivity (Wildman–Crippen MR) is 134 cm³/mol. The number of benzene rings is 1. The van der Waals surface area contributed by atoms with E-state index in [9.17, 15) is 14.1 Å². The predicted octanol–water partition coefficient (Wildman–Crippen LogP) is 4.73. The highest BCUT2D eigenvalue weighted by Crippen LogP contribution is 2.43. The van der Waals surface area contributed by atoms with Crippen molar-refractivity contribution in [1.29, 1.82) is 0 Å². The minimum absolute atomic E-state index is 0.104. The van der Waals surface area contributed by atoms with E-state index in [1.165, 1.54) is 24.0 Å². The molecule has 2 N–H and O–H groups in total. The number of carbonyl (C=O) groups is 1. The number of nitrogens with one attached hydrogen (secondary N) is 1. The van der Waals surface area contributed by atoms with E-state index in [1.54, 1.807) is 0 Å². The Bertz CT molecular complexity index is 960. The van der Waals surface area contributed by atoms with Crippen LogP contribution in [0.4, 0.5) is 0 Å². The fourth-order valence-electron chi connectivity index (χ4n) is 3.62. The van der Waals surface area contributed by atoms with Gasteiger partial charge in [0, 0.05) is 10.3 Å². The molecule has 0 saturated heterocycles. The van der Waals surface area contributed by atoms with Gasteiger partial charge in [-0.1, -0.05) is 46.8 Å². The van der Waals surface area contributed by atoms with Gasteiger partial charge in [0.15, 0.2) is 0 Å². The summed E-state index contributed by atoms with van der Waals surface area (Å²) in [6.45, 7) is 12.4. The van der Waals surface area contributed by atoms with Gasteiger partial charge in [-0.25, -0.2) is 8.93 Å². The van der Waals surface area contributed by atoms with Crippen LogP contribution in [0.2, 0.25) is 0 Å². The zero-order valence-corrected chi connectivity index (χ0v) is 22.3. The average molecular weight is 496 g/mol. The Kier molecular flexibility index (Phi) is 9.67. The summed E-state index contributed by atoms with van der Waals surface area (Å²) in [4.78, 5) is 12.5. The van der Waals surface area contributed by atoms with Crippen LogP contribution in [0.5, 0.6) is 5.75 Å². The molecule has 8 heteroatoms. The average Bonchev–Trinajstić information content (AvgIpc) is 3.27. The summed E-state index contributed by atoms with van der Waals surface area (Å²) in [6.07, 6.45) is 1.21. The quantitative estimate of drug-likeness (QED) is 0.440. The second-order valence-corrected chi connectivity index (χ2v) is 11.9. The van der Waals surface area contributed by atoms with Crippen LogP contribution in [0.15, 0.2) is 34.5 Å². The Morgan fingerprint density at radius 3 is 2.39 bits per heavy atom. The standard InChI is InChI=1S/C25H37NO5S2/c1-8-25(9-2,21-12-13-23(32-21)33(29)26-15-22(28)30-7)18-10-11-19(17(3)14-18)31-16-20(27)24(4,5)6/h10-14,20,26-27H,8-9,15-16H2,1-7H3. The molecule has 0 aliphatic heterocycles. The number of hydrogen-bond acceptors (Lipinski definition) is 6. The molecule has 2 rings (SSSR count). The van der Waals surface area contributed by atoms with Gasteiger partial charge in [-0.3, -0.25) is 4.79 Å². The molecule has 2 atom stereocenters. The molecule has 184 valence electrons. The molecule has 2 unspecified atom stereocenters. The minimum atomic E-state index is -1.48. The first-order chi connectivity index (χ1) is 15.5. The molecule has 0 fully saturated rings. The normalized spacial score (nSPS) is 14.1. The van der Waals surface area contributed by atoms with Crippen molar-refractivity contribution in [1.82, 2.24) is 4.72 Å². The summed E-state index contributed by atoms with van der Waals surface area (Å²) < 4.78 is 26.5.